The molecule has 1 atom stereocenters. The number of amides is 2. The molecule has 0 aromatic carbocycles. The summed E-state index contributed by atoms with van der Waals surface area (Å²) in [6.45, 7) is 1.50. The number of nitrogens with two attached hydrogens (primary N) is 1. The fraction of sp³-hybridized carbons (Fsp3) is 0.500. The zero-order valence-corrected chi connectivity index (χ0v) is 11.9. The van der Waals surface area contributed by atoms with Crippen LogP contribution >= 0.6 is 11.3 Å². The highest BCUT2D eigenvalue weighted by Gasteiger charge is 2.28. The maximum Gasteiger partial charge on any atom is 0.275 e. The summed E-state index contributed by atoms with van der Waals surface area (Å²) in [5, 5.41) is 0. The first-order valence-corrected chi connectivity index (χ1v) is 6.91. The van der Waals surface area contributed by atoms with Gasteiger partial charge in [0.05, 0.1) is 9.75 Å². The summed E-state index contributed by atoms with van der Waals surface area (Å²) in [5.74, 6) is 4.70. The van der Waals surface area contributed by atoms with Crippen molar-refractivity contribution < 1.29 is 9.59 Å². The van der Waals surface area contributed by atoms with Gasteiger partial charge in [-0.15, -0.1) is 11.3 Å². The van der Waals surface area contributed by atoms with E-state index in [0.717, 1.165) is 19.5 Å². The molecule has 7 heteroatoms. The Hall–Kier alpha value is -1.44. The monoisotopic (exact) mass is 282 g/mol. The Kier molecular flexibility index (Phi) is 4.18. The Bertz CT molecular complexity index is 486. The maximum atomic E-state index is 12.3. The minimum absolute atomic E-state index is 0.00887. The summed E-state index contributed by atoms with van der Waals surface area (Å²) < 4.78 is 0. The molecule has 0 spiro atoms. The molecule has 0 saturated carbocycles. The smallest absolute Gasteiger partial charge is 0.275 e. The first kappa shape index (κ1) is 14.0. The van der Waals surface area contributed by atoms with E-state index in [1.54, 1.807) is 12.1 Å². The van der Waals surface area contributed by atoms with Crippen molar-refractivity contribution in [2.24, 2.45) is 5.84 Å². The van der Waals surface area contributed by atoms with Crippen molar-refractivity contribution in [1.29, 1.82) is 0 Å². The van der Waals surface area contributed by atoms with Crippen LogP contribution in [0.4, 0.5) is 0 Å². The van der Waals surface area contributed by atoms with Gasteiger partial charge in [0.1, 0.15) is 0 Å². The third-order valence-corrected chi connectivity index (χ3v) is 4.42. The fourth-order valence-corrected chi connectivity index (χ4v) is 3.03. The van der Waals surface area contributed by atoms with E-state index in [1.807, 2.05) is 19.0 Å². The molecule has 1 aromatic rings. The van der Waals surface area contributed by atoms with Gasteiger partial charge in [0.2, 0.25) is 0 Å². The lowest BCUT2D eigenvalue weighted by Gasteiger charge is -2.19. The van der Waals surface area contributed by atoms with Crippen LogP contribution in [0.2, 0.25) is 0 Å². The van der Waals surface area contributed by atoms with Gasteiger partial charge >= 0.3 is 0 Å². The molecule has 19 heavy (non-hydrogen) atoms. The average molecular weight is 282 g/mol. The number of nitrogens with one attached hydrogen (secondary N) is 1. The minimum Gasteiger partial charge on any atom is -0.336 e. The van der Waals surface area contributed by atoms with Gasteiger partial charge in [-0.05, 0) is 32.6 Å². The van der Waals surface area contributed by atoms with Crippen LogP contribution in [-0.2, 0) is 0 Å². The zero-order chi connectivity index (χ0) is 14.0. The second kappa shape index (κ2) is 5.68. The van der Waals surface area contributed by atoms with E-state index < -0.39 is 0 Å². The number of thiophene rings is 1. The number of carbonyl (C=O) groups is 2. The number of hydrazine groups is 1. The van der Waals surface area contributed by atoms with Crippen LogP contribution in [0.1, 0.15) is 25.8 Å². The molecule has 0 bridgehead atoms. The highest BCUT2D eigenvalue weighted by Crippen LogP contribution is 2.21. The number of rotatable bonds is 3. The summed E-state index contributed by atoms with van der Waals surface area (Å²) in [5.41, 5.74) is 2.06. The molecule has 6 nitrogen and oxygen atoms in total. The largest absolute Gasteiger partial charge is 0.336 e. The van der Waals surface area contributed by atoms with Crippen molar-refractivity contribution in [1.82, 2.24) is 15.2 Å². The van der Waals surface area contributed by atoms with Gasteiger partial charge in [0.25, 0.3) is 11.8 Å². The van der Waals surface area contributed by atoms with Crippen molar-refractivity contribution in [2.45, 2.75) is 12.5 Å². The number of nitrogens with zero attached hydrogens (tertiary/aromatic N) is 2. The molecule has 2 heterocycles. The molecular weight excluding hydrogens is 264 g/mol. The summed E-state index contributed by atoms with van der Waals surface area (Å²) in [7, 11) is 4.04. The minimum atomic E-state index is -0.364. The van der Waals surface area contributed by atoms with E-state index in [-0.39, 0.29) is 11.8 Å². The quantitative estimate of drug-likeness (QED) is 0.469. The molecule has 1 aromatic heterocycles. The van der Waals surface area contributed by atoms with Gasteiger partial charge < -0.3 is 9.80 Å². The second-order valence-corrected chi connectivity index (χ2v) is 5.88. The van der Waals surface area contributed by atoms with Crippen molar-refractivity contribution in [3.05, 3.63) is 21.9 Å². The number of hydrogen-bond acceptors (Lipinski definition) is 5. The summed E-state index contributed by atoms with van der Waals surface area (Å²) in [6.07, 6.45) is 0.986. The van der Waals surface area contributed by atoms with Gasteiger partial charge in [0, 0.05) is 19.1 Å². The highest BCUT2D eigenvalue weighted by molar-refractivity contribution is 7.15. The molecule has 0 radical (unpaired) electrons. The van der Waals surface area contributed by atoms with Gasteiger partial charge in [0.15, 0.2) is 0 Å². The third kappa shape index (κ3) is 2.94. The zero-order valence-electron chi connectivity index (χ0n) is 11.0. The lowest BCUT2D eigenvalue weighted by molar-refractivity contribution is 0.0787. The Morgan fingerprint density at radius 1 is 1.42 bits per heavy atom. The Balaban J connectivity index is 2.04. The van der Waals surface area contributed by atoms with E-state index in [2.05, 4.69) is 10.3 Å². The average Bonchev–Trinajstić information content (AvgIpc) is 3.05. The van der Waals surface area contributed by atoms with Crippen LogP contribution in [0.3, 0.4) is 0 Å². The number of nitrogen functional groups attached to an aromatic ring is 1. The lowest BCUT2D eigenvalue weighted by Crippen LogP contribution is -2.34. The number of likely N-dealkylation sites (tertiary alicyclic amines) is 1. The Morgan fingerprint density at radius 2 is 2.11 bits per heavy atom. The van der Waals surface area contributed by atoms with Crippen molar-refractivity contribution in [2.75, 3.05) is 27.2 Å². The van der Waals surface area contributed by atoms with Crippen molar-refractivity contribution in [3.8, 4) is 0 Å². The van der Waals surface area contributed by atoms with Crippen LogP contribution in [0.5, 0.6) is 0 Å². The highest BCUT2D eigenvalue weighted by atomic mass is 32.1. The topological polar surface area (TPSA) is 78.7 Å². The first-order chi connectivity index (χ1) is 9.02. The molecule has 1 fully saturated rings. The van der Waals surface area contributed by atoms with Crippen LogP contribution in [-0.4, -0.2) is 54.8 Å². The maximum absolute atomic E-state index is 12.3. The molecule has 1 unspecified atom stereocenters. The van der Waals surface area contributed by atoms with E-state index in [0.29, 0.717) is 15.8 Å². The van der Waals surface area contributed by atoms with Gasteiger partial charge in [-0.2, -0.15) is 0 Å². The molecular formula is C12H18N4O2S. The van der Waals surface area contributed by atoms with Crippen molar-refractivity contribution >= 4 is 23.2 Å². The van der Waals surface area contributed by atoms with Crippen LogP contribution < -0.4 is 11.3 Å². The predicted molar refractivity (Wildman–Crippen MR) is 74.0 cm³/mol. The SMILES string of the molecule is CN(C)C1CCN(C(=O)c2ccc(C(=O)NN)s2)C1. The molecule has 104 valence electrons. The van der Waals surface area contributed by atoms with Gasteiger partial charge in [-0.1, -0.05) is 0 Å². The Morgan fingerprint density at radius 3 is 2.68 bits per heavy atom. The molecule has 1 aliphatic heterocycles. The second-order valence-electron chi connectivity index (χ2n) is 4.79. The van der Waals surface area contributed by atoms with Gasteiger partial charge in [-0.3, -0.25) is 15.0 Å². The molecule has 1 saturated heterocycles. The Labute approximate surface area is 116 Å². The predicted octanol–water partition coefficient (Wildman–Crippen LogP) is 0.128. The molecule has 3 N–H and O–H groups in total. The van der Waals surface area contributed by atoms with Crippen LogP contribution in [0, 0.1) is 0 Å². The van der Waals surface area contributed by atoms with E-state index >= 15 is 0 Å². The van der Waals surface area contributed by atoms with Crippen molar-refractivity contribution in [3.63, 3.8) is 0 Å². The number of hydrogen-bond donors (Lipinski definition) is 2. The van der Waals surface area contributed by atoms with E-state index in [4.69, 9.17) is 5.84 Å². The van der Waals surface area contributed by atoms with Crippen LogP contribution in [0.15, 0.2) is 12.1 Å². The summed E-state index contributed by atoms with van der Waals surface area (Å²) >= 11 is 1.17. The molecule has 1 aliphatic rings. The van der Waals surface area contributed by atoms with E-state index in [1.165, 1.54) is 11.3 Å². The van der Waals surface area contributed by atoms with Gasteiger partial charge in [-0.25, -0.2) is 5.84 Å². The number of likely N-dealkylation sites (N-methyl/N-ethyl adjacent to an activating group) is 1. The third-order valence-electron chi connectivity index (χ3n) is 3.35. The lowest BCUT2D eigenvalue weighted by atomic mass is 10.2. The summed E-state index contributed by atoms with van der Waals surface area (Å²) in [4.78, 5) is 28.7. The molecule has 2 rings (SSSR count). The fourth-order valence-electron chi connectivity index (χ4n) is 2.15. The summed E-state index contributed by atoms with van der Waals surface area (Å²) in [6, 6.07) is 3.72. The standard InChI is InChI=1S/C12H18N4O2S/c1-15(2)8-5-6-16(7-8)12(18)10-4-3-9(19-10)11(17)14-13/h3-4,8H,5-7,13H2,1-2H3,(H,14,17). The van der Waals surface area contributed by atoms with E-state index in [9.17, 15) is 9.59 Å². The first-order valence-electron chi connectivity index (χ1n) is 6.09. The molecule has 2 amide bonds. The number of carbonyl (C=O) groups excluding carboxylic acids is 2. The van der Waals surface area contributed by atoms with Crippen LogP contribution in [0.25, 0.3) is 0 Å². The molecule has 0 aliphatic carbocycles. The normalized spacial score (nSPS) is 18.9.